The van der Waals surface area contributed by atoms with Gasteiger partial charge in [-0.1, -0.05) is 89.3 Å². The summed E-state index contributed by atoms with van der Waals surface area (Å²) in [4.78, 5) is 280. The Kier molecular flexibility index (Phi) is 38.1. The summed E-state index contributed by atoms with van der Waals surface area (Å²) in [7, 11) is 0. The Bertz CT molecular complexity index is 4340. The summed E-state index contributed by atoms with van der Waals surface area (Å²) in [5, 5.41) is 69.7. The number of carbonyl (C=O) groups is 20. The van der Waals surface area contributed by atoms with Crippen LogP contribution in [0.2, 0.25) is 0 Å². The van der Waals surface area contributed by atoms with Gasteiger partial charge in [-0.15, -0.1) is 0 Å². The highest BCUT2D eigenvalue weighted by Gasteiger charge is 2.41. The number of carboxylic acid groups (broad SMARTS) is 4. The summed E-state index contributed by atoms with van der Waals surface area (Å²) in [6, 6.07) is -8.72. The minimum absolute atomic E-state index is 0.0125. The highest BCUT2D eigenvalue weighted by atomic mass is 16.5. The lowest BCUT2D eigenvalue weighted by Crippen LogP contribution is -2.62. The third kappa shape index (κ3) is 31.6. The van der Waals surface area contributed by atoms with Crippen LogP contribution in [0.25, 0.3) is 21.8 Å². The van der Waals surface area contributed by atoms with Gasteiger partial charge in [0.1, 0.15) is 72.6 Å². The number of para-hydroxylation sites is 2. The molecule has 1 fully saturated rings. The van der Waals surface area contributed by atoms with Crippen molar-refractivity contribution in [2.45, 2.75) is 216 Å². The van der Waals surface area contributed by atoms with E-state index in [0.29, 0.717) is 46.1 Å². The number of nitrogens with two attached hydrogens (primary N) is 3. The van der Waals surface area contributed by atoms with Crippen LogP contribution in [0.15, 0.2) is 60.9 Å². The smallest absolute Gasteiger partial charge is 0.329 e. The van der Waals surface area contributed by atoms with Crippen molar-refractivity contribution in [2.75, 3.05) is 19.6 Å². The topological polar surface area (TPSA) is 698 Å². The summed E-state index contributed by atoms with van der Waals surface area (Å²) in [6.45, 7) is 4.78. The second kappa shape index (κ2) is 47.0. The van der Waals surface area contributed by atoms with Crippen LogP contribution in [0.1, 0.15) is 142 Å². The number of rotatable bonds is 35. The maximum atomic E-state index is 15.1. The maximum Gasteiger partial charge on any atom is 0.329 e. The fourth-order valence-electron chi connectivity index (χ4n) is 12.5. The van der Waals surface area contributed by atoms with E-state index < -0.39 is 255 Å². The van der Waals surface area contributed by atoms with Crippen molar-refractivity contribution in [3.05, 3.63) is 72.1 Å². The lowest BCUT2D eigenvalue weighted by atomic mass is 9.95. The Labute approximate surface area is 674 Å². The Morgan fingerprint density at radius 2 is 1.02 bits per heavy atom. The predicted octanol–water partition coefficient (Wildman–Crippen LogP) is -4.62. The Hall–Kier alpha value is -13.1. The molecule has 118 heavy (non-hydrogen) atoms. The number of ether oxygens (including phenoxy) is 1. The van der Waals surface area contributed by atoms with Crippen molar-refractivity contribution in [3.8, 4) is 0 Å². The molecule has 15 amide bonds. The van der Waals surface area contributed by atoms with Gasteiger partial charge in [-0.3, -0.25) is 91.1 Å². The molecular weight excluding hydrogens is 1550 g/mol. The van der Waals surface area contributed by atoms with Gasteiger partial charge in [0.15, 0.2) is 0 Å². The summed E-state index contributed by atoms with van der Waals surface area (Å²) in [5.41, 5.74) is 18.7. The zero-order valence-electron chi connectivity index (χ0n) is 65.6. The number of aromatic nitrogens is 2. The van der Waals surface area contributed by atoms with Gasteiger partial charge in [0.05, 0.1) is 51.6 Å². The number of benzene rings is 2. The van der Waals surface area contributed by atoms with Gasteiger partial charge in [0, 0.05) is 53.5 Å². The number of unbranched alkanes of at least 4 members (excludes halogenated alkanes) is 3. The van der Waals surface area contributed by atoms with Gasteiger partial charge in [-0.25, -0.2) is 4.79 Å². The Morgan fingerprint density at radius 1 is 0.508 bits per heavy atom. The molecule has 0 spiro atoms. The minimum atomic E-state index is -2.38. The van der Waals surface area contributed by atoms with Gasteiger partial charge in [-0.05, 0) is 74.8 Å². The average Bonchev–Trinajstić information content (AvgIpc) is 1.69. The molecule has 43 nitrogen and oxygen atoms in total. The van der Waals surface area contributed by atoms with Gasteiger partial charge < -0.3 is 121 Å². The molecule has 3 heterocycles. The third-order valence-electron chi connectivity index (χ3n) is 19.1. The predicted molar refractivity (Wildman–Crippen MR) is 414 cm³/mol. The van der Waals surface area contributed by atoms with Crippen LogP contribution in [0.5, 0.6) is 0 Å². The van der Waals surface area contributed by atoms with Crippen LogP contribution < -0.4 is 86.3 Å². The quantitative estimate of drug-likeness (QED) is 0.0152. The number of H-pyrrole nitrogens is 2. The zero-order chi connectivity index (χ0) is 87.6. The monoisotopic (exact) mass is 1660 g/mol. The standard InChI is InChI=1S/C75H104N18O25/c1-6-36(2)16-9-7-8-10-22-56(96)85-47(25-40-32-79-44-19-13-11-17-42(40)44)69(111)88-49(28-55(78)95)70(112)90-52(31-62(105)106)72(114)93-64-39(5)118-75(117)53(26-41-33-80-45-20-14-12-18-43(41)45)91-74(116)63(37(3)24-59(99)100)92-71(113)48(27-54(77)94)86-58(98)34-81-66(108)50(29-60(101)102)87-65(107)38(4)83-68(110)51(30-61(103)104)89-67(109)46(21-15-23-76)84-57(97)35-82-73(64)115/h11-14,17-20,32-33,36-39,46-53,63-64,79-80H,6-10,15-16,21-31,34-35,76H2,1-5H3,(H2,77,94)(H2,78,95)(H,81,108)(H,82,115)(H,83,110)(H,84,97)(H,85,96)(H,86,98)(H,87,107)(H,88,111)(H,89,109)(H,90,112)(H,91,116)(H,92,113)(H,93,114)(H,99,100)(H,101,102)(H,103,104)(H,105,106). The second-order valence-electron chi connectivity index (χ2n) is 28.7. The molecule has 43 heteroatoms. The van der Waals surface area contributed by atoms with E-state index in [2.05, 4.69) is 82.3 Å². The number of cyclic esters (lactones) is 1. The SMILES string of the molecule is CCC(C)CCCCCCC(=O)NC(Cc1c[nH]c2ccccc12)C(=O)NC(CC(N)=O)C(=O)NC(CC(=O)O)C(=O)NC1C(=O)NCC(=O)NC(CCCN)C(=O)NC(CC(=O)O)C(=O)NC(C)C(=O)NC(CC(=O)O)C(=O)NCC(=O)NC(CC(N)=O)C(=O)NC(C(C)CC(=O)O)C(=O)NC(Cc2c[nH]c3ccccc23)C(=O)OC1C. The molecule has 644 valence electrons. The first-order valence-electron chi connectivity index (χ1n) is 38.1. The Balaban J connectivity index is 1.61. The van der Waals surface area contributed by atoms with Gasteiger partial charge in [0.25, 0.3) is 0 Å². The first-order chi connectivity index (χ1) is 55.8. The molecule has 1 aliphatic rings. The number of primary amides is 2. The van der Waals surface area contributed by atoms with Crippen LogP contribution >= 0.6 is 0 Å². The summed E-state index contributed by atoms with van der Waals surface area (Å²) in [5.74, 6) is -28.7. The van der Waals surface area contributed by atoms with Crippen molar-refractivity contribution in [1.29, 1.82) is 0 Å². The molecular formula is C75H104N18O25. The van der Waals surface area contributed by atoms with E-state index >= 15 is 4.79 Å². The largest absolute Gasteiger partial charge is 0.481 e. The van der Waals surface area contributed by atoms with Crippen LogP contribution in [-0.4, -0.2) is 241 Å². The molecule has 25 N–H and O–H groups in total. The lowest BCUT2D eigenvalue weighted by molar-refractivity contribution is -0.156. The average molecular weight is 1660 g/mol. The normalized spacial score (nSPS) is 21.3. The van der Waals surface area contributed by atoms with E-state index in [9.17, 15) is 112 Å². The molecule has 4 aromatic rings. The molecule has 1 saturated heterocycles. The lowest BCUT2D eigenvalue weighted by Gasteiger charge is -2.30. The number of esters is 1. The summed E-state index contributed by atoms with van der Waals surface area (Å²) >= 11 is 0. The molecule has 0 aliphatic carbocycles. The van der Waals surface area contributed by atoms with E-state index in [1.165, 1.54) is 6.20 Å². The number of hydrogen-bond acceptors (Lipinski definition) is 22. The fourth-order valence-corrected chi connectivity index (χ4v) is 12.5. The van der Waals surface area contributed by atoms with E-state index in [4.69, 9.17) is 21.9 Å². The molecule has 0 radical (unpaired) electrons. The van der Waals surface area contributed by atoms with Gasteiger partial charge in [0.2, 0.25) is 88.6 Å². The number of carboxylic acids is 4. The van der Waals surface area contributed by atoms with E-state index in [1.807, 2.05) is 10.6 Å². The van der Waals surface area contributed by atoms with Gasteiger partial charge >= 0.3 is 29.8 Å². The van der Waals surface area contributed by atoms with Crippen molar-refractivity contribution in [1.82, 2.24) is 79.1 Å². The number of carbonyl (C=O) groups excluding carboxylic acids is 16. The third-order valence-corrected chi connectivity index (χ3v) is 19.1. The molecule has 1 aliphatic heterocycles. The number of hydrogen-bond donors (Lipinski definition) is 22. The summed E-state index contributed by atoms with van der Waals surface area (Å²) < 4.78 is 5.86. The van der Waals surface area contributed by atoms with Crippen molar-refractivity contribution in [2.24, 2.45) is 29.0 Å². The van der Waals surface area contributed by atoms with E-state index in [1.54, 1.807) is 54.7 Å². The maximum absolute atomic E-state index is 15.1. The Morgan fingerprint density at radius 3 is 1.59 bits per heavy atom. The van der Waals surface area contributed by atoms with Crippen molar-refractivity contribution < 1.29 is 121 Å². The fraction of sp³-hybridized carbons (Fsp3) is 0.520. The molecule has 5 rings (SSSR count). The molecule has 2 aromatic carbocycles. The second-order valence-corrected chi connectivity index (χ2v) is 28.7. The number of nitrogens with one attached hydrogen (secondary N) is 15. The molecule has 14 atom stereocenters. The van der Waals surface area contributed by atoms with Crippen molar-refractivity contribution >= 4 is 140 Å². The van der Waals surface area contributed by atoms with Crippen LogP contribution in [0, 0.1) is 11.8 Å². The molecule has 14 unspecified atom stereocenters. The molecule has 2 aromatic heterocycles. The van der Waals surface area contributed by atoms with Gasteiger partial charge in [-0.2, -0.15) is 0 Å². The first-order valence-corrected chi connectivity index (χ1v) is 38.1. The van der Waals surface area contributed by atoms with Crippen LogP contribution in [0.4, 0.5) is 0 Å². The zero-order valence-corrected chi connectivity index (χ0v) is 65.6. The van der Waals surface area contributed by atoms with E-state index in [-0.39, 0.29) is 37.8 Å². The summed E-state index contributed by atoms with van der Waals surface area (Å²) in [6.07, 6.45) is -2.24. The molecule has 0 saturated carbocycles. The number of aliphatic carboxylic acids is 4. The van der Waals surface area contributed by atoms with Crippen LogP contribution in [-0.2, 0) is 113 Å². The highest BCUT2D eigenvalue weighted by molar-refractivity contribution is 6.02. The molecule has 0 bridgehead atoms. The first kappa shape index (κ1) is 95.5. The number of amides is 15. The minimum Gasteiger partial charge on any atom is -0.481 e. The number of fused-ring (bicyclic) bond motifs is 2. The van der Waals surface area contributed by atoms with E-state index in [0.717, 1.165) is 46.5 Å². The number of aromatic amines is 2. The van der Waals surface area contributed by atoms with Crippen molar-refractivity contribution in [3.63, 3.8) is 0 Å². The highest BCUT2D eigenvalue weighted by Crippen LogP contribution is 2.23. The van der Waals surface area contributed by atoms with Crippen LogP contribution in [0.3, 0.4) is 0 Å².